The quantitative estimate of drug-likeness (QED) is 0.237. The van der Waals surface area contributed by atoms with E-state index >= 15 is 0 Å². The van der Waals surface area contributed by atoms with Gasteiger partial charge in [-0.15, -0.1) is 0 Å². The van der Waals surface area contributed by atoms with Crippen molar-refractivity contribution in [3.8, 4) is 11.3 Å². The van der Waals surface area contributed by atoms with Crippen LogP contribution in [-0.2, 0) is 4.79 Å². The third-order valence-electron chi connectivity index (χ3n) is 5.27. The van der Waals surface area contributed by atoms with Crippen molar-refractivity contribution in [2.45, 2.75) is 32.6 Å². The molecule has 0 atom stereocenters. The van der Waals surface area contributed by atoms with Gasteiger partial charge >= 0.3 is 0 Å². The van der Waals surface area contributed by atoms with Crippen molar-refractivity contribution in [1.29, 1.82) is 0 Å². The second-order valence-electron chi connectivity index (χ2n) is 7.89. The molecule has 2 heterocycles. The molecule has 2 N–H and O–H groups in total. The van der Waals surface area contributed by atoms with Crippen LogP contribution < -0.4 is 10.6 Å². The van der Waals surface area contributed by atoms with Crippen LogP contribution >= 0.6 is 27.5 Å². The van der Waals surface area contributed by atoms with Gasteiger partial charge in [-0.25, -0.2) is 4.98 Å². The Hall–Kier alpha value is -2.90. The summed E-state index contributed by atoms with van der Waals surface area (Å²) in [6.45, 7) is 2.77. The van der Waals surface area contributed by atoms with Crippen LogP contribution in [0.2, 0.25) is 5.02 Å². The molecule has 4 rings (SSSR count). The largest absolute Gasteiger partial charge is 0.370 e. The third-order valence-corrected chi connectivity index (χ3v) is 6.16. The number of benzene rings is 2. The molecule has 0 fully saturated rings. The molecule has 0 aliphatic rings. The summed E-state index contributed by atoms with van der Waals surface area (Å²) in [5.74, 6) is 0.896. The molecule has 2 aromatic carbocycles. The van der Waals surface area contributed by atoms with E-state index in [4.69, 9.17) is 16.6 Å². The molecule has 0 aliphatic heterocycles. The fourth-order valence-corrected chi connectivity index (χ4v) is 4.20. The number of nitrogens with one attached hydrogen (secondary N) is 2. The fraction of sp³-hybridized carbons (Fsp3) is 0.240. The highest BCUT2D eigenvalue weighted by atomic mass is 79.9. The van der Waals surface area contributed by atoms with Crippen molar-refractivity contribution in [2.75, 3.05) is 17.2 Å². The lowest BCUT2D eigenvalue weighted by atomic mass is 10.1. The van der Waals surface area contributed by atoms with Crippen LogP contribution in [0.3, 0.4) is 0 Å². The average Bonchev–Trinajstić information content (AvgIpc) is 3.17. The molecule has 0 radical (unpaired) electrons. The van der Waals surface area contributed by atoms with E-state index < -0.39 is 0 Å². The second-order valence-corrected chi connectivity index (χ2v) is 9.15. The van der Waals surface area contributed by atoms with Gasteiger partial charge in [-0.2, -0.15) is 9.61 Å². The number of rotatable bonds is 9. The lowest BCUT2D eigenvalue weighted by Crippen LogP contribution is -2.11. The molecule has 4 aromatic rings. The molecule has 170 valence electrons. The summed E-state index contributed by atoms with van der Waals surface area (Å²) in [5, 5.41) is 11.5. The van der Waals surface area contributed by atoms with Gasteiger partial charge < -0.3 is 10.6 Å². The molecule has 0 saturated heterocycles. The van der Waals surface area contributed by atoms with E-state index in [0.717, 1.165) is 64.3 Å². The molecule has 2 aromatic heterocycles. The molecular weight excluding hydrogens is 502 g/mol. The number of carbonyl (C=O) groups is 1. The first-order chi connectivity index (χ1) is 16.0. The van der Waals surface area contributed by atoms with E-state index in [-0.39, 0.29) is 5.91 Å². The van der Waals surface area contributed by atoms with Gasteiger partial charge in [0.1, 0.15) is 5.82 Å². The summed E-state index contributed by atoms with van der Waals surface area (Å²) in [6.07, 6.45) is 4.96. The number of halogens is 2. The minimum Gasteiger partial charge on any atom is -0.370 e. The summed E-state index contributed by atoms with van der Waals surface area (Å²) in [4.78, 5) is 16.9. The normalized spacial score (nSPS) is 11.0. The molecule has 6 nitrogen and oxygen atoms in total. The predicted molar refractivity (Wildman–Crippen MR) is 138 cm³/mol. The number of carbonyl (C=O) groups excluding carboxylic acids is 1. The van der Waals surface area contributed by atoms with Crippen LogP contribution in [0.4, 0.5) is 11.5 Å². The zero-order valence-electron chi connectivity index (χ0n) is 18.3. The van der Waals surface area contributed by atoms with Gasteiger partial charge in [0.25, 0.3) is 0 Å². The van der Waals surface area contributed by atoms with Gasteiger partial charge in [-0.3, -0.25) is 4.79 Å². The van der Waals surface area contributed by atoms with Gasteiger partial charge in [0.05, 0.1) is 16.4 Å². The van der Waals surface area contributed by atoms with Gasteiger partial charge in [-0.1, -0.05) is 48.4 Å². The molecule has 0 spiro atoms. The fourth-order valence-electron chi connectivity index (χ4n) is 3.62. The molecule has 0 unspecified atom stereocenters. The smallest absolute Gasteiger partial charge is 0.224 e. The number of hydrogen-bond donors (Lipinski definition) is 2. The second kappa shape index (κ2) is 10.8. The first-order valence-corrected chi connectivity index (χ1v) is 12.1. The van der Waals surface area contributed by atoms with Crippen LogP contribution in [-0.4, -0.2) is 27.0 Å². The highest BCUT2D eigenvalue weighted by Gasteiger charge is 2.13. The van der Waals surface area contributed by atoms with Crippen LogP contribution in [0.15, 0.2) is 65.3 Å². The Kier molecular flexibility index (Phi) is 7.62. The maximum atomic E-state index is 12.2. The Morgan fingerprint density at radius 1 is 1.09 bits per heavy atom. The van der Waals surface area contributed by atoms with Crippen LogP contribution in [0.5, 0.6) is 0 Å². The molecule has 33 heavy (non-hydrogen) atoms. The number of fused-ring (bicyclic) bond motifs is 1. The SMILES string of the molecule is Cc1cccc(NC(=O)CCCCCNc2cc(-c3ccccc3Cl)nc3c(Br)cnn23)c1. The maximum absolute atomic E-state index is 12.2. The number of aryl methyl sites for hydroxylation is 1. The summed E-state index contributed by atoms with van der Waals surface area (Å²) in [7, 11) is 0. The molecule has 0 saturated carbocycles. The Balaban J connectivity index is 1.32. The number of anilines is 2. The summed E-state index contributed by atoms with van der Waals surface area (Å²) in [5.41, 5.74) is 4.36. The first kappa shape index (κ1) is 23.3. The number of amides is 1. The minimum atomic E-state index is 0.0511. The Bertz CT molecular complexity index is 1270. The third kappa shape index (κ3) is 5.92. The summed E-state index contributed by atoms with van der Waals surface area (Å²) >= 11 is 9.92. The molecule has 0 bridgehead atoms. The van der Waals surface area contributed by atoms with Crippen molar-refractivity contribution >= 4 is 50.6 Å². The summed E-state index contributed by atoms with van der Waals surface area (Å²) < 4.78 is 2.60. The number of hydrogen-bond acceptors (Lipinski definition) is 4. The molecule has 0 aliphatic carbocycles. The Morgan fingerprint density at radius 3 is 2.76 bits per heavy atom. The molecule has 1 amide bonds. The number of unbranched alkanes of at least 4 members (excludes halogenated alkanes) is 2. The van der Waals surface area contributed by atoms with Gasteiger partial charge in [0.15, 0.2) is 5.65 Å². The average molecular weight is 527 g/mol. The van der Waals surface area contributed by atoms with Crippen molar-refractivity contribution in [3.05, 3.63) is 75.9 Å². The maximum Gasteiger partial charge on any atom is 0.224 e. The summed E-state index contributed by atoms with van der Waals surface area (Å²) in [6, 6.07) is 17.5. The highest BCUT2D eigenvalue weighted by molar-refractivity contribution is 9.10. The zero-order valence-corrected chi connectivity index (χ0v) is 20.7. The Morgan fingerprint density at radius 2 is 1.94 bits per heavy atom. The van der Waals surface area contributed by atoms with Crippen LogP contribution in [0, 0.1) is 6.92 Å². The van der Waals surface area contributed by atoms with Crippen molar-refractivity contribution in [1.82, 2.24) is 14.6 Å². The van der Waals surface area contributed by atoms with E-state index in [1.54, 1.807) is 10.7 Å². The van der Waals surface area contributed by atoms with E-state index in [1.807, 2.05) is 61.5 Å². The standard InChI is InChI=1S/C25H25BrClN5O/c1-17-8-7-9-18(14-17)30-24(33)12-3-2-6-13-28-23-15-22(19-10-4-5-11-21(19)27)31-25-20(26)16-29-32(23)25/h4-5,7-11,14-16,28H,2-3,6,12-13H2,1H3,(H,30,33). The van der Waals surface area contributed by atoms with E-state index in [9.17, 15) is 4.79 Å². The van der Waals surface area contributed by atoms with Crippen molar-refractivity contribution in [2.24, 2.45) is 0 Å². The van der Waals surface area contributed by atoms with Gasteiger partial charge in [-0.05, 0) is 59.5 Å². The lowest BCUT2D eigenvalue weighted by molar-refractivity contribution is -0.116. The lowest BCUT2D eigenvalue weighted by Gasteiger charge is -2.11. The Labute approximate surface area is 206 Å². The zero-order chi connectivity index (χ0) is 23.2. The van der Waals surface area contributed by atoms with Crippen LogP contribution in [0.25, 0.3) is 16.9 Å². The topological polar surface area (TPSA) is 71.3 Å². The first-order valence-electron chi connectivity index (χ1n) is 10.9. The minimum absolute atomic E-state index is 0.0511. The molecular formula is C25H25BrClN5O. The van der Waals surface area contributed by atoms with E-state index in [2.05, 4.69) is 31.7 Å². The highest BCUT2D eigenvalue weighted by Crippen LogP contribution is 2.30. The van der Waals surface area contributed by atoms with Gasteiger partial charge in [0.2, 0.25) is 5.91 Å². The van der Waals surface area contributed by atoms with Crippen LogP contribution in [0.1, 0.15) is 31.2 Å². The monoisotopic (exact) mass is 525 g/mol. The van der Waals surface area contributed by atoms with Gasteiger partial charge in [0, 0.05) is 35.3 Å². The van der Waals surface area contributed by atoms with Crippen molar-refractivity contribution in [3.63, 3.8) is 0 Å². The van der Waals surface area contributed by atoms with E-state index in [1.165, 1.54) is 0 Å². The predicted octanol–water partition coefficient (Wildman–Crippen LogP) is 6.73. The van der Waals surface area contributed by atoms with Crippen molar-refractivity contribution < 1.29 is 4.79 Å². The molecule has 8 heteroatoms. The number of nitrogens with zero attached hydrogens (tertiary/aromatic N) is 3. The van der Waals surface area contributed by atoms with E-state index in [0.29, 0.717) is 11.4 Å². The number of aromatic nitrogens is 3.